The van der Waals surface area contributed by atoms with E-state index >= 15 is 0 Å². The fraction of sp³-hybridized carbons (Fsp3) is 0.412. The molecule has 2 unspecified atom stereocenters. The number of pyridine rings is 1. The molecule has 1 aliphatic rings. The molecule has 0 saturated carbocycles. The highest BCUT2D eigenvalue weighted by Gasteiger charge is 2.28. The molecule has 0 radical (unpaired) electrons. The molecule has 0 aliphatic carbocycles. The van der Waals surface area contributed by atoms with Crippen molar-refractivity contribution in [2.45, 2.75) is 19.1 Å². The van der Waals surface area contributed by atoms with Gasteiger partial charge in [-0.1, -0.05) is 11.6 Å². The van der Waals surface area contributed by atoms with Crippen molar-refractivity contribution < 1.29 is 9.47 Å². The number of benzene rings is 1. The molecule has 1 aromatic carbocycles. The Bertz CT molecular complexity index is 759. The molecule has 23 heavy (non-hydrogen) atoms. The Morgan fingerprint density at radius 2 is 2.30 bits per heavy atom. The minimum absolute atomic E-state index is 0.0299. The molecule has 0 N–H and O–H groups in total. The molecular weight excluding hydrogens is 314 g/mol. The molecule has 2 atom stereocenters. The predicted octanol–water partition coefficient (Wildman–Crippen LogP) is 3.00. The van der Waals surface area contributed by atoms with Crippen LogP contribution < -0.4 is 4.90 Å². The number of methoxy groups -OCH3 is 1. The highest BCUT2D eigenvalue weighted by molar-refractivity contribution is 6.31. The summed E-state index contributed by atoms with van der Waals surface area (Å²) in [4.78, 5) is 6.54. The van der Waals surface area contributed by atoms with E-state index in [1.807, 2.05) is 25.1 Å². The van der Waals surface area contributed by atoms with Crippen LogP contribution in [-0.2, 0) is 9.47 Å². The molecule has 1 aromatic heterocycles. The number of rotatable bonds is 3. The van der Waals surface area contributed by atoms with Gasteiger partial charge in [0.15, 0.2) is 0 Å². The summed E-state index contributed by atoms with van der Waals surface area (Å²) in [5.41, 5.74) is 2.24. The standard InChI is InChI=1S/C17H18ClN3O2/c1-11-8-21(9-14(23-11)10-22-2)17-12(6-19)7-20-16-4-3-13(18)5-15(16)17/h3-5,7,11,14H,8-10H2,1-2H3. The number of aromatic nitrogens is 1. The maximum absolute atomic E-state index is 9.51. The van der Waals surface area contributed by atoms with Crippen LogP contribution in [-0.4, -0.2) is 44.0 Å². The number of nitrogens with zero attached hydrogens (tertiary/aromatic N) is 3. The van der Waals surface area contributed by atoms with Crippen LogP contribution in [0.5, 0.6) is 0 Å². The smallest absolute Gasteiger partial charge is 0.103 e. The van der Waals surface area contributed by atoms with E-state index in [0.29, 0.717) is 30.3 Å². The summed E-state index contributed by atoms with van der Waals surface area (Å²) in [5.74, 6) is 0. The van der Waals surface area contributed by atoms with E-state index in [4.69, 9.17) is 21.1 Å². The second-order valence-electron chi connectivity index (χ2n) is 5.72. The predicted molar refractivity (Wildman–Crippen MR) is 89.9 cm³/mol. The molecule has 6 heteroatoms. The fourth-order valence-corrected chi connectivity index (χ4v) is 3.25. The van der Waals surface area contributed by atoms with Gasteiger partial charge in [-0.15, -0.1) is 0 Å². The van der Waals surface area contributed by atoms with E-state index in [-0.39, 0.29) is 12.2 Å². The van der Waals surface area contributed by atoms with Crippen LogP contribution >= 0.6 is 11.6 Å². The molecule has 1 saturated heterocycles. The number of anilines is 1. The lowest BCUT2D eigenvalue weighted by molar-refractivity contribution is -0.0510. The van der Waals surface area contributed by atoms with E-state index < -0.39 is 0 Å². The van der Waals surface area contributed by atoms with Crippen molar-refractivity contribution in [3.8, 4) is 6.07 Å². The summed E-state index contributed by atoms with van der Waals surface area (Å²) in [7, 11) is 1.66. The van der Waals surface area contributed by atoms with E-state index in [1.54, 1.807) is 13.3 Å². The van der Waals surface area contributed by atoms with Crippen LogP contribution in [0.2, 0.25) is 5.02 Å². The molecule has 2 aromatic rings. The summed E-state index contributed by atoms with van der Waals surface area (Å²) in [6, 6.07) is 7.80. The van der Waals surface area contributed by atoms with Gasteiger partial charge in [0.05, 0.1) is 35.6 Å². The topological polar surface area (TPSA) is 58.4 Å². The van der Waals surface area contributed by atoms with Crippen LogP contribution in [0.3, 0.4) is 0 Å². The fourth-order valence-electron chi connectivity index (χ4n) is 3.08. The summed E-state index contributed by atoms with van der Waals surface area (Å²) in [5, 5.41) is 11.0. The third-order valence-electron chi connectivity index (χ3n) is 3.92. The van der Waals surface area contributed by atoms with Gasteiger partial charge in [0.2, 0.25) is 0 Å². The Kier molecular flexibility index (Phi) is 4.67. The lowest BCUT2D eigenvalue weighted by atomic mass is 10.1. The second-order valence-corrected chi connectivity index (χ2v) is 6.16. The molecule has 5 nitrogen and oxygen atoms in total. The molecule has 0 amide bonds. The highest BCUT2D eigenvalue weighted by Crippen LogP contribution is 2.33. The molecule has 0 bridgehead atoms. The average molecular weight is 332 g/mol. The first-order valence-corrected chi connectivity index (χ1v) is 7.88. The van der Waals surface area contributed by atoms with E-state index in [2.05, 4.69) is 16.0 Å². The zero-order valence-electron chi connectivity index (χ0n) is 13.1. The third kappa shape index (κ3) is 3.25. The molecule has 120 valence electrons. The van der Waals surface area contributed by atoms with Crippen molar-refractivity contribution in [3.05, 3.63) is 35.0 Å². The molecule has 1 fully saturated rings. The first kappa shape index (κ1) is 16.0. The Hall–Kier alpha value is -1.87. The van der Waals surface area contributed by atoms with Crippen molar-refractivity contribution in [2.75, 3.05) is 31.7 Å². The molecule has 1 aliphatic heterocycles. The lowest BCUT2D eigenvalue weighted by Gasteiger charge is -2.38. The summed E-state index contributed by atoms with van der Waals surface area (Å²) in [6.07, 6.45) is 1.65. The van der Waals surface area contributed by atoms with Crippen LogP contribution in [0, 0.1) is 11.3 Å². The maximum Gasteiger partial charge on any atom is 0.103 e. The number of ether oxygens (including phenoxy) is 2. The van der Waals surface area contributed by atoms with Gasteiger partial charge in [-0.05, 0) is 25.1 Å². The second kappa shape index (κ2) is 6.71. The van der Waals surface area contributed by atoms with Crippen molar-refractivity contribution in [1.82, 2.24) is 4.98 Å². The van der Waals surface area contributed by atoms with Crippen molar-refractivity contribution >= 4 is 28.2 Å². The lowest BCUT2D eigenvalue weighted by Crippen LogP contribution is -2.48. The highest BCUT2D eigenvalue weighted by atomic mass is 35.5. The van der Waals surface area contributed by atoms with Crippen LogP contribution in [0.25, 0.3) is 10.9 Å². The number of fused-ring (bicyclic) bond motifs is 1. The summed E-state index contributed by atoms with van der Waals surface area (Å²) in [6.45, 7) is 3.92. The van der Waals surface area contributed by atoms with Crippen molar-refractivity contribution in [3.63, 3.8) is 0 Å². The Balaban J connectivity index is 2.10. The van der Waals surface area contributed by atoms with Gasteiger partial charge in [-0.2, -0.15) is 5.26 Å². The number of hydrogen-bond donors (Lipinski definition) is 0. The maximum atomic E-state index is 9.51. The minimum Gasteiger partial charge on any atom is -0.382 e. The average Bonchev–Trinajstić information content (AvgIpc) is 2.53. The summed E-state index contributed by atoms with van der Waals surface area (Å²) < 4.78 is 11.1. The number of hydrogen-bond acceptors (Lipinski definition) is 5. The third-order valence-corrected chi connectivity index (χ3v) is 4.15. The van der Waals surface area contributed by atoms with Crippen molar-refractivity contribution in [1.29, 1.82) is 5.26 Å². The number of nitriles is 1. The Morgan fingerprint density at radius 1 is 1.48 bits per heavy atom. The first-order valence-electron chi connectivity index (χ1n) is 7.50. The van der Waals surface area contributed by atoms with Crippen molar-refractivity contribution in [2.24, 2.45) is 0 Å². The van der Waals surface area contributed by atoms with Gasteiger partial charge in [0, 0.05) is 36.8 Å². The van der Waals surface area contributed by atoms with Crippen LogP contribution in [0.15, 0.2) is 24.4 Å². The zero-order valence-corrected chi connectivity index (χ0v) is 13.9. The minimum atomic E-state index is -0.0299. The molecule has 0 spiro atoms. The largest absolute Gasteiger partial charge is 0.382 e. The number of morpholine rings is 1. The zero-order chi connectivity index (χ0) is 16.4. The van der Waals surface area contributed by atoms with Gasteiger partial charge >= 0.3 is 0 Å². The quantitative estimate of drug-likeness (QED) is 0.865. The Labute approximate surface area is 140 Å². The summed E-state index contributed by atoms with van der Waals surface area (Å²) >= 11 is 6.16. The van der Waals surface area contributed by atoms with E-state index in [9.17, 15) is 5.26 Å². The van der Waals surface area contributed by atoms with Gasteiger partial charge in [0.25, 0.3) is 0 Å². The monoisotopic (exact) mass is 331 g/mol. The van der Waals surface area contributed by atoms with Crippen LogP contribution in [0.1, 0.15) is 12.5 Å². The van der Waals surface area contributed by atoms with Gasteiger partial charge in [0.1, 0.15) is 6.07 Å². The Morgan fingerprint density at radius 3 is 3.04 bits per heavy atom. The van der Waals surface area contributed by atoms with E-state index in [0.717, 1.165) is 16.6 Å². The normalized spacial score (nSPS) is 21.4. The molecule has 3 rings (SSSR count). The van der Waals surface area contributed by atoms with E-state index in [1.165, 1.54) is 0 Å². The molecular formula is C17H18ClN3O2. The SMILES string of the molecule is COCC1CN(c2c(C#N)cnc3ccc(Cl)cc23)CC(C)O1. The van der Waals surface area contributed by atoms with Gasteiger partial charge in [-0.25, -0.2) is 0 Å². The first-order chi connectivity index (χ1) is 11.1. The van der Waals surface area contributed by atoms with Gasteiger partial charge < -0.3 is 14.4 Å². The van der Waals surface area contributed by atoms with Crippen LogP contribution in [0.4, 0.5) is 5.69 Å². The molecule has 2 heterocycles. The van der Waals surface area contributed by atoms with Gasteiger partial charge in [-0.3, -0.25) is 4.98 Å². The number of halogens is 1.